The van der Waals surface area contributed by atoms with Crippen LogP contribution in [0.2, 0.25) is 0 Å². The fourth-order valence-electron chi connectivity index (χ4n) is 1.66. The minimum Gasteiger partial charge on any atom is -0.349 e. The highest BCUT2D eigenvalue weighted by Crippen LogP contribution is 2.38. The van der Waals surface area contributed by atoms with Crippen molar-refractivity contribution in [1.29, 1.82) is 0 Å². The Morgan fingerprint density at radius 3 is 2.47 bits per heavy atom. The average Bonchev–Trinajstić information content (AvgIpc) is 2.99. The minimum absolute atomic E-state index is 0.436. The van der Waals surface area contributed by atoms with Crippen molar-refractivity contribution in [2.75, 3.05) is 28.2 Å². The van der Waals surface area contributed by atoms with E-state index >= 15 is 0 Å². The average molecular weight is 237 g/mol. The summed E-state index contributed by atoms with van der Waals surface area (Å²) in [4.78, 5) is 12.7. The van der Waals surface area contributed by atoms with Crippen LogP contribution in [-0.2, 0) is 6.54 Å². The fraction of sp³-hybridized carbons (Fsp3) is 0.727. The first-order valence-electron chi connectivity index (χ1n) is 5.79. The van der Waals surface area contributed by atoms with E-state index < -0.39 is 0 Å². The Balaban J connectivity index is 2.01. The number of hydrogen-bond donors (Lipinski definition) is 0. The molecule has 17 heavy (non-hydrogen) atoms. The standard InChI is InChI=1S/C11H19N5O/c1-15(2)11(16(3)4)12-7-9-13-10(14-17-9)8-5-6-8/h8H,5-7H2,1-4H3. The zero-order valence-electron chi connectivity index (χ0n) is 10.8. The number of rotatable bonds is 3. The fourth-order valence-corrected chi connectivity index (χ4v) is 1.66. The van der Waals surface area contributed by atoms with Crippen LogP contribution in [0.3, 0.4) is 0 Å². The molecular weight excluding hydrogens is 218 g/mol. The van der Waals surface area contributed by atoms with Crippen molar-refractivity contribution in [2.45, 2.75) is 25.3 Å². The van der Waals surface area contributed by atoms with Crippen molar-refractivity contribution in [1.82, 2.24) is 19.9 Å². The van der Waals surface area contributed by atoms with Gasteiger partial charge >= 0.3 is 0 Å². The molecule has 0 bridgehead atoms. The number of nitrogens with zero attached hydrogens (tertiary/aromatic N) is 5. The Kier molecular flexibility index (Phi) is 3.31. The minimum atomic E-state index is 0.436. The van der Waals surface area contributed by atoms with Crippen LogP contribution < -0.4 is 0 Å². The maximum absolute atomic E-state index is 5.17. The van der Waals surface area contributed by atoms with Crippen LogP contribution in [0.1, 0.15) is 30.5 Å². The molecule has 0 spiro atoms. The molecule has 0 atom stereocenters. The Morgan fingerprint density at radius 2 is 1.94 bits per heavy atom. The predicted molar refractivity (Wildman–Crippen MR) is 64.8 cm³/mol. The third-order valence-corrected chi connectivity index (χ3v) is 2.58. The number of hydrogen-bond acceptors (Lipinski definition) is 4. The van der Waals surface area contributed by atoms with Crippen LogP contribution in [0.15, 0.2) is 9.52 Å². The molecule has 1 aromatic rings. The van der Waals surface area contributed by atoms with E-state index in [0.29, 0.717) is 18.4 Å². The van der Waals surface area contributed by atoms with Gasteiger partial charge in [0.15, 0.2) is 11.8 Å². The van der Waals surface area contributed by atoms with Crippen molar-refractivity contribution in [3.8, 4) is 0 Å². The lowest BCUT2D eigenvalue weighted by atomic mass is 10.4. The third-order valence-electron chi connectivity index (χ3n) is 2.58. The predicted octanol–water partition coefficient (Wildman–Crippen LogP) is 0.926. The van der Waals surface area contributed by atoms with Gasteiger partial charge in [-0.1, -0.05) is 5.16 Å². The Bertz CT molecular complexity index is 396. The summed E-state index contributed by atoms with van der Waals surface area (Å²) in [5.41, 5.74) is 0. The van der Waals surface area contributed by atoms with Gasteiger partial charge in [0, 0.05) is 34.1 Å². The maximum Gasteiger partial charge on any atom is 0.248 e. The number of guanidine groups is 1. The maximum atomic E-state index is 5.17. The smallest absolute Gasteiger partial charge is 0.248 e. The SMILES string of the molecule is CN(C)C(=NCc1nc(C2CC2)no1)N(C)C. The zero-order chi connectivity index (χ0) is 12.4. The van der Waals surface area contributed by atoms with Gasteiger partial charge in [0.25, 0.3) is 0 Å². The first-order valence-corrected chi connectivity index (χ1v) is 5.79. The van der Waals surface area contributed by atoms with Crippen molar-refractivity contribution in [2.24, 2.45) is 4.99 Å². The topological polar surface area (TPSA) is 57.8 Å². The summed E-state index contributed by atoms with van der Waals surface area (Å²) in [5, 5.41) is 3.96. The second kappa shape index (κ2) is 4.73. The lowest BCUT2D eigenvalue weighted by Gasteiger charge is -2.22. The van der Waals surface area contributed by atoms with Gasteiger partial charge in [-0.15, -0.1) is 0 Å². The molecule has 6 heteroatoms. The van der Waals surface area contributed by atoms with Crippen LogP contribution in [0, 0.1) is 0 Å². The second-order valence-corrected chi connectivity index (χ2v) is 4.73. The summed E-state index contributed by atoms with van der Waals surface area (Å²) in [6.07, 6.45) is 2.37. The van der Waals surface area contributed by atoms with E-state index in [2.05, 4.69) is 15.1 Å². The molecule has 0 radical (unpaired) electrons. The molecule has 0 N–H and O–H groups in total. The molecule has 0 aliphatic heterocycles. The molecule has 1 aromatic heterocycles. The molecule has 1 saturated carbocycles. The van der Waals surface area contributed by atoms with Gasteiger partial charge < -0.3 is 14.3 Å². The molecule has 1 heterocycles. The van der Waals surface area contributed by atoms with E-state index in [9.17, 15) is 0 Å². The normalized spacial score (nSPS) is 14.6. The summed E-state index contributed by atoms with van der Waals surface area (Å²) in [6.45, 7) is 0.436. The summed E-state index contributed by atoms with van der Waals surface area (Å²) in [6, 6.07) is 0. The largest absolute Gasteiger partial charge is 0.349 e. The molecule has 0 aromatic carbocycles. The Hall–Kier alpha value is -1.59. The van der Waals surface area contributed by atoms with E-state index in [1.165, 1.54) is 12.8 Å². The Morgan fingerprint density at radius 1 is 1.29 bits per heavy atom. The van der Waals surface area contributed by atoms with Crippen molar-refractivity contribution >= 4 is 5.96 Å². The molecule has 6 nitrogen and oxygen atoms in total. The van der Waals surface area contributed by atoms with E-state index in [0.717, 1.165) is 11.8 Å². The van der Waals surface area contributed by atoms with Gasteiger partial charge in [-0.3, -0.25) is 0 Å². The highest BCUT2D eigenvalue weighted by molar-refractivity contribution is 5.79. The van der Waals surface area contributed by atoms with Gasteiger partial charge in [-0.05, 0) is 12.8 Å². The number of aliphatic imine (C=N–C) groups is 1. The second-order valence-electron chi connectivity index (χ2n) is 4.73. The van der Waals surface area contributed by atoms with Gasteiger partial charge in [0.1, 0.15) is 6.54 Å². The lowest BCUT2D eigenvalue weighted by molar-refractivity contribution is 0.373. The molecule has 1 aliphatic rings. The molecule has 94 valence electrons. The van der Waals surface area contributed by atoms with Crippen molar-refractivity contribution in [3.05, 3.63) is 11.7 Å². The first kappa shape index (κ1) is 11.9. The van der Waals surface area contributed by atoms with E-state index in [1.54, 1.807) is 0 Å². The zero-order valence-corrected chi connectivity index (χ0v) is 10.8. The highest BCUT2D eigenvalue weighted by atomic mass is 16.5. The van der Waals surface area contributed by atoms with E-state index in [4.69, 9.17) is 4.52 Å². The number of aromatic nitrogens is 2. The molecule has 0 amide bonds. The summed E-state index contributed by atoms with van der Waals surface area (Å²) >= 11 is 0. The van der Waals surface area contributed by atoms with E-state index in [-0.39, 0.29) is 0 Å². The van der Waals surface area contributed by atoms with Crippen LogP contribution in [-0.4, -0.2) is 54.1 Å². The molecule has 1 fully saturated rings. The molecule has 1 aliphatic carbocycles. The highest BCUT2D eigenvalue weighted by Gasteiger charge is 2.28. The Labute approximate surface area is 101 Å². The monoisotopic (exact) mass is 237 g/mol. The van der Waals surface area contributed by atoms with Crippen LogP contribution >= 0.6 is 0 Å². The summed E-state index contributed by atoms with van der Waals surface area (Å²) in [5.74, 6) is 2.84. The third kappa shape index (κ3) is 2.95. The van der Waals surface area contributed by atoms with Gasteiger partial charge in [0.05, 0.1) is 0 Å². The van der Waals surface area contributed by atoms with Crippen molar-refractivity contribution in [3.63, 3.8) is 0 Å². The molecular formula is C11H19N5O. The van der Waals surface area contributed by atoms with Crippen LogP contribution in [0.5, 0.6) is 0 Å². The van der Waals surface area contributed by atoms with Gasteiger partial charge in [0.2, 0.25) is 5.89 Å². The first-order chi connectivity index (χ1) is 8.08. The summed E-state index contributed by atoms with van der Waals surface area (Å²) < 4.78 is 5.17. The van der Waals surface area contributed by atoms with Gasteiger partial charge in [-0.25, -0.2) is 4.99 Å². The summed E-state index contributed by atoms with van der Waals surface area (Å²) in [7, 11) is 7.84. The quantitative estimate of drug-likeness (QED) is 0.578. The van der Waals surface area contributed by atoms with Gasteiger partial charge in [-0.2, -0.15) is 4.98 Å². The lowest BCUT2D eigenvalue weighted by Crippen LogP contribution is -2.35. The molecule has 0 saturated heterocycles. The van der Waals surface area contributed by atoms with E-state index in [1.807, 2.05) is 38.0 Å². The van der Waals surface area contributed by atoms with Crippen LogP contribution in [0.25, 0.3) is 0 Å². The van der Waals surface area contributed by atoms with Crippen LogP contribution in [0.4, 0.5) is 0 Å². The van der Waals surface area contributed by atoms with Crippen molar-refractivity contribution < 1.29 is 4.52 Å². The molecule has 2 rings (SSSR count). The molecule has 0 unspecified atom stereocenters.